The maximum Gasteiger partial charge on any atom is 0.132 e. The largest absolute Gasteiger partial charge is 0.497 e. The summed E-state index contributed by atoms with van der Waals surface area (Å²) in [6.45, 7) is 2.87. The number of thioether (sulfide) groups is 1. The average molecular weight is 241 g/mol. The number of rotatable bonds is 6. The molecule has 0 aliphatic rings. The molecule has 1 rings (SSSR count). The van der Waals surface area contributed by atoms with Crippen LogP contribution in [0.5, 0.6) is 11.5 Å². The van der Waals surface area contributed by atoms with Gasteiger partial charge in [-0.1, -0.05) is 6.92 Å². The van der Waals surface area contributed by atoms with Crippen LogP contribution in [-0.2, 0) is 0 Å². The van der Waals surface area contributed by atoms with Gasteiger partial charge >= 0.3 is 0 Å². The molecule has 1 aromatic rings. The van der Waals surface area contributed by atoms with Crippen molar-refractivity contribution >= 4 is 11.8 Å². The Balaban J connectivity index is 2.82. The Kier molecular flexibility index (Phi) is 5.49. The van der Waals surface area contributed by atoms with Crippen LogP contribution in [-0.4, -0.2) is 26.0 Å². The second-order valence-corrected chi connectivity index (χ2v) is 5.00. The van der Waals surface area contributed by atoms with Crippen LogP contribution in [0.25, 0.3) is 0 Å². The van der Waals surface area contributed by atoms with Crippen LogP contribution < -0.4 is 15.2 Å². The van der Waals surface area contributed by atoms with E-state index in [1.807, 2.05) is 18.2 Å². The minimum absolute atomic E-state index is 0.478. The Labute approximate surface area is 101 Å². The van der Waals surface area contributed by atoms with Gasteiger partial charge in [0.05, 0.1) is 19.1 Å². The lowest BCUT2D eigenvalue weighted by Crippen LogP contribution is -2.07. The third-order valence-electron chi connectivity index (χ3n) is 2.27. The van der Waals surface area contributed by atoms with E-state index in [2.05, 4.69) is 6.92 Å². The molecular weight excluding hydrogens is 222 g/mol. The smallest absolute Gasteiger partial charge is 0.132 e. The topological polar surface area (TPSA) is 44.5 Å². The van der Waals surface area contributed by atoms with Crippen molar-refractivity contribution in [3.63, 3.8) is 0 Å². The molecule has 0 spiro atoms. The highest BCUT2D eigenvalue weighted by Crippen LogP contribution is 2.35. The minimum atomic E-state index is 0.478. The monoisotopic (exact) mass is 241 g/mol. The molecule has 1 unspecified atom stereocenters. The third-order valence-corrected chi connectivity index (χ3v) is 3.48. The summed E-state index contributed by atoms with van der Waals surface area (Å²) >= 11 is 1.76. The molecule has 0 radical (unpaired) electrons. The van der Waals surface area contributed by atoms with Gasteiger partial charge in [0.15, 0.2) is 0 Å². The van der Waals surface area contributed by atoms with Crippen molar-refractivity contribution in [1.82, 2.24) is 0 Å². The van der Waals surface area contributed by atoms with E-state index in [1.54, 1.807) is 26.0 Å². The zero-order valence-electron chi connectivity index (χ0n) is 10.0. The first-order chi connectivity index (χ1) is 7.71. The van der Waals surface area contributed by atoms with Crippen LogP contribution in [0.2, 0.25) is 0 Å². The number of methoxy groups -OCH3 is 2. The van der Waals surface area contributed by atoms with E-state index in [-0.39, 0.29) is 0 Å². The summed E-state index contributed by atoms with van der Waals surface area (Å²) in [5, 5.41) is 0.478. The van der Waals surface area contributed by atoms with E-state index < -0.39 is 0 Å². The molecule has 90 valence electrons. The van der Waals surface area contributed by atoms with Crippen LogP contribution in [0.1, 0.15) is 13.3 Å². The molecule has 0 aliphatic carbocycles. The summed E-state index contributed by atoms with van der Waals surface area (Å²) in [5.74, 6) is 1.73. The molecule has 4 heteroatoms. The van der Waals surface area contributed by atoms with E-state index in [9.17, 15) is 0 Å². The second kappa shape index (κ2) is 6.66. The molecule has 2 N–H and O–H groups in total. The number of nitrogens with two attached hydrogens (primary N) is 1. The third kappa shape index (κ3) is 3.61. The highest BCUT2D eigenvalue weighted by molar-refractivity contribution is 8.00. The molecule has 1 aromatic carbocycles. The van der Waals surface area contributed by atoms with Gasteiger partial charge in [0.2, 0.25) is 0 Å². The minimum Gasteiger partial charge on any atom is -0.497 e. The molecular formula is C12H19NO2S. The molecule has 0 heterocycles. The van der Waals surface area contributed by atoms with Gasteiger partial charge < -0.3 is 15.2 Å². The molecule has 0 aromatic heterocycles. The summed E-state index contributed by atoms with van der Waals surface area (Å²) in [4.78, 5) is 1.10. The van der Waals surface area contributed by atoms with Gasteiger partial charge in [0, 0.05) is 5.25 Å². The van der Waals surface area contributed by atoms with Gasteiger partial charge in [0.25, 0.3) is 0 Å². The summed E-state index contributed by atoms with van der Waals surface area (Å²) in [6.07, 6.45) is 0.991. The molecule has 0 aliphatic heterocycles. The first kappa shape index (κ1) is 13.2. The lowest BCUT2D eigenvalue weighted by molar-refractivity contribution is 0.394. The standard InChI is InChI=1S/C12H19NO2S/c1-9(6-7-13)16-12-8-10(14-2)4-5-11(12)15-3/h4-5,8-9H,6-7,13H2,1-3H3. The fourth-order valence-corrected chi connectivity index (χ4v) is 2.53. The maximum atomic E-state index is 5.54. The summed E-state index contributed by atoms with van der Waals surface area (Å²) in [6, 6.07) is 5.82. The van der Waals surface area contributed by atoms with Crippen molar-refractivity contribution < 1.29 is 9.47 Å². The van der Waals surface area contributed by atoms with Gasteiger partial charge in [-0.05, 0) is 31.2 Å². The fraction of sp³-hybridized carbons (Fsp3) is 0.500. The molecule has 0 bridgehead atoms. The summed E-state index contributed by atoms with van der Waals surface area (Å²) < 4.78 is 10.5. The van der Waals surface area contributed by atoms with Gasteiger partial charge in [-0.3, -0.25) is 0 Å². The predicted octanol–water partition coefficient (Wildman–Crippen LogP) is 2.53. The first-order valence-electron chi connectivity index (χ1n) is 5.30. The van der Waals surface area contributed by atoms with E-state index >= 15 is 0 Å². The Bertz CT molecular complexity index is 331. The SMILES string of the molecule is COc1ccc(OC)c(SC(C)CCN)c1. The number of ether oxygens (including phenoxy) is 2. The molecule has 0 saturated heterocycles. The van der Waals surface area contributed by atoms with E-state index in [1.165, 1.54) is 0 Å². The quantitative estimate of drug-likeness (QED) is 0.777. The molecule has 3 nitrogen and oxygen atoms in total. The van der Waals surface area contributed by atoms with E-state index in [0.717, 1.165) is 22.8 Å². The Hall–Kier alpha value is -0.870. The highest BCUT2D eigenvalue weighted by atomic mass is 32.2. The molecule has 0 saturated carbocycles. The van der Waals surface area contributed by atoms with Gasteiger partial charge in [-0.25, -0.2) is 0 Å². The normalized spacial score (nSPS) is 12.2. The lowest BCUT2D eigenvalue weighted by Gasteiger charge is -2.14. The van der Waals surface area contributed by atoms with Crippen molar-refractivity contribution in [2.75, 3.05) is 20.8 Å². The lowest BCUT2D eigenvalue weighted by atomic mass is 10.3. The second-order valence-electron chi connectivity index (χ2n) is 3.52. The zero-order valence-corrected chi connectivity index (χ0v) is 10.8. The summed E-state index contributed by atoms with van der Waals surface area (Å²) in [5.41, 5.74) is 5.54. The van der Waals surface area contributed by atoms with Crippen LogP contribution in [0, 0.1) is 0 Å². The first-order valence-corrected chi connectivity index (χ1v) is 6.18. The Morgan fingerprint density at radius 3 is 2.62 bits per heavy atom. The van der Waals surface area contributed by atoms with Crippen molar-refractivity contribution in [2.24, 2.45) is 5.73 Å². The van der Waals surface area contributed by atoms with Crippen molar-refractivity contribution in [3.05, 3.63) is 18.2 Å². The highest BCUT2D eigenvalue weighted by Gasteiger charge is 2.09. The van der Waals surface area contributed by atoms with E-state index in [4.69, 9.17) is 15.2 Å². The van der Waals surface area contributed by atoms with Gasteiger partial charge in [-0.15, -0.1) is 11.8 Å². The predicted molar refractivity (Wildman–Crippen MR) is 68.5 cm³/mol. The number of benzene rings is 1. The average Bonchev–Trinajstić information content (AvgIpc) is 2.29. The van der Waals surface area contributed by atoms with Crippen LogP contribution in [0.15, 0.2) is 23.1 Å². The Morgan fingerprint density at radius 1 is 1.31 bits per heavy atom. The van der Waals surface area contributed by atoms with Crippen LogP contribution >= 0.6 is 11.8 Å². The van der Waals surface area contributed by atoms with Crippen LogP contribution in [0.3, 0.4) is 0 Å². The van der Waals surface area contributed by atoms with Crippen LogP contribution in [0.4, 0.5) is 0 Å². The molecule has 16 heavy (non-hydrogen) atoms. The van der Waals surface area contributed by atoms with Crippen molar-refractivity contribution in [1.29, 1.82) is 0 Å². The summed E-state index contributed by atoms with van der Waals surface area (Å²) in [7, 11) is 3.35. The molecule has 1 atom stereocenters. The maximum absolute atomic E-state index is 5.54. The van der Waals surface area contributed by atoms with E-state index in [0.29, 0.717) is 11.8 Å². The zero-order chi connectivity index (χ0) is 12.0. The number of hydrogen-bond acceptors (Lipinski definition) is 4. The van der Waals surface area contributed by atoms with Gasteiger partial charge in [0.1, 0.15) is 11.5 Å². The van der Waals surface area contributed by atoms with Crippen molar-refractivity contribution in [2.45, 2.75) is 23.5 Å². The Morgan fingerprint density at radius 2 is 2.06 bits per heavy atom. The fourth-order valence-electron chi connectivity index (χ4n) is 1.39. The number of hydrogen-bond donors (Lipinski definition) is 1. The molecule has 0 amide bonds. The molecule has 0 fully saturated rings. The van der Waals surface area contributed by atoms with Gasteiger partial charge in [-0.2, -0.15) is 0 Å². The van der Waals surface area contributed by atoms with Crippen molar-refractivity contribution in [3.8, 4) is 11.5 Å².